The molecule has 1 aromatic carbocycles. The van der Waals surface area contributed by atoms with Crippen LogP contribution in [-0.2, 0) is 0 Å². The number of anilines is 3. The summed E-state index contributed by atoms with van der Waals surface area (Å²) in [5.74, 6) is -0.633. The van der Waals surface area contributed by atoms with Crippen molar-refractivity contribution in [3.8, 4) is 0 Å². The van der Waals surface area contributed by atoms with E-state index in [1.54, 1.807) is 6.20 Å². The maximum atomic E-state index is 13.9. The number of amides is 1. The van der Waals surface area contributed by atoms with E-state index in [0.29, 0.717) is 42.4 Å². The van der Waals surface area contributed by atoms with Gasteiger partial charge in [0.25, 0.3) is 0 Å². The van der Waals surface area contributed by atoms with Gasteiger partial charge in [-0.3, -0.25) is 4.57 Å². The second kappa shape index (κ2) is 9.18. The summed E-state index contributed by atoms with van der Waals surface area (Å²) in [4.78, 5) is 27.2. The van der Waals surface area contributed by atoms with Gasteiger partial charge in [0.1, 0.15) is 17.2 Å². The number of piperidine rings is 1. The predicted molar refractivity (Wildman–Crippen MR) is 135 cm³/mol. The molecule has 1 aliphatic heterocycles. The highest BCUT2D eigenvalue weighted by atomic mass is 19.1. The minimum atomic E-state index is -0.948. The SMILES string of the molecule is CC(C)(C)Nc1ncc2nc(Nc3cc(F)cc(F)c3)n(C3CCN(C(=O)O)C(C(C)(C)C)C3)c2n1. The van der Waals surface area contributed by atoms with Gasteiger partial charge in [0, 0.05) is 35.9 Å². The van der Waals surface area contributed by atoms with Crippen LogP contribution < -0.4 is 10.6 Å². The average molecular weight is 502 g/mol. The van der Waals surface area contributed by atoms with Crippen LogP contribution in [0, 0.1) is 17.0 Å². The molecular weight excluding hydrogens is 468 g/mol. The number of carboxylic acid groups (broad SMARTS) is 1. The number of halogens is 2. The normalized spacial score (nSPS) is 18.9. The standard InChI is InChI=1S/C25H33F2N7O2/c1-24(2,3)19-12-17(7-8-33(19)23(35)36)34-20-18(13-28-21(31-20)32-25(4,5)6)30-22(34)29-16-10-14(26)9-15(27)11-16/h9-11,13,17,19H,7-8,12H2,1-6H3,(H,29,30)(H,35,36)(H,28,31,32). The molecule has 36 heavy (non-hydrogen) atoms. The summed E-state index contributed by atoms with van der Waals surface area (Å²) in [6.07, 6.45) is 1.72. The highest BCUT2D eigenvalue weighted by Gasteiger charge is 2.40. The van der Waals surface area contributed by atoms with Crippen molar-refractivity contribution in [1.82, 2.24) is 24.4 Å². The maximum Gasteiger partial charge on any atom is 0.407 e. The molecule has 4 rings (SSSR count). The van der Waals surface area contributed by atoms with Crippen LogP contribution in [0.4, 0.5) is 31.2 Å². The third-order valence-electron chi connectivity index (χ3n) is 6.22. The van der Waals surface area contributed by atoms with E-state index in [2.05, 4.69) is 20.6 Å². The zero-order valence-corrected chi connectivity index (χ0v) is 21.4. The van der Waals surface area contributed by atoms with E-state index in [9.17, 15) is 18.7 Å². The summed E-state index contributed by atoms with van der Waals surface area (Å²) >= 11 is 0. The van der Waals surface area contributed by atoms with Crippen molar-refractivity contribution in [2.75, 3.05) is 17.2 Å². The molecule has 1 amide bonds. The first-order valence-corrected chi connectivity index (χ1v) is 12.0. The fourth-order valence-electron chi connectivity index (χ4n) is 4.71. The number of fused-ring (bicyclic) bond motifs is 1. The molecule has 194 valence electrons. The van der Waals surface area contributed by atoms with Gasteiger partial charge in [-0.25, -0.2) is 23.5 Å². The van der Waals surface area contributed by atoms with Crippen LogP contribution in [0.3, 0.4) is 0 Å². The number of hydrogen-bond acceptors (Lipinski definition) is 6. The van der Waals surface area contributed by atoms with Gasteiger partial charge in [0.15, 0.2) is 5.65 Å². The Bertz CT molecular complexity index is 1260. The molecule has 9 nitrogen and oxygen atoms in total. The molecule has 2 atom stereocenters. The molecule has 0 bridgehead atoms. The van der Waals surface area contributed by atoms with E-state index in [1.807, 2.05) is 46.1 Å². The van der Waals surface area contributed by atoms with Crippen LogP contribution in [-0.4, -0.2) is 53.7 Å². The lowest BCUT2D eigenvalue weighted by Crippen LogP contribution is -2.51. The van der Waals surface area contributed by atoms with E-state index in [4.69, 9.17) is 4.98 Å². The lowest BCUT2D eigenvalue weighted by molar-refractivity contribution is 0.0437. The van der Waals surface area contributed by atoms with Crippen molar-refractivity contribution in [1.29, 1.82) is 0 Å². The number of rotatable bonds is 4. The fraction of sp³-hybridized carbons (Fsp3) is 0.520. The van der Waals surface area contributed by atoms with Crippen LogP contribution in [0.5, 0.6) is 0 Å². The van der Waals surface area contributed by atoms with Crippen LogP contribution in [0.1, 0.15) is 60.4 Å². The van der Waals surface area contributed by atoms with Crippen LogP contribution in [0.15, 0.2) is 24.4 Å². The largest absolute Gasteiger partial charge is 0.465 e. The molecule has 0 saturated carbocycles. The highest BCUT2D eigenvalue weighted by molar-refractivity contribution is 5.77. The monoisotopic (exact) mass is 501 g/mol. The van der Waals surface area contributed by atoms with Gasteiger partial charge >= 0.3 is 6.09 Å². The van der Waals surface area contributed by atoms with Crippen molar-refractivity contribution in [3.63, 3.8) is 0 Å². The molecular formula is C25H33F2N7O2. The van der Waals surface area contributed by atoms with Gasteiger partial charge in [-0.15, -0.1) is 0 Å². The lowest BCUT2D eigenvalue weighted by Gasteiger charge is -2.45. The molecule has 1 fully saturated rings. The van der Waals surface area contributed by atoms with E-state index in [0.717, 1.165) is 6.07 Å². The molecule has 1 saturated heterocycles. The van der Waals surface area contributed by atoms with E-state index < -0.39 is 17.7 Å². The van der Waals surface area contributed by atoms with Gasteiger partial charge in [-0.1, -0.05) is 20.8 Å². The molecule has 1 aliphatic rings. The van der Waals surface area contributed by atoms with Crippen molar-refractivity contribution < 1.29 is 18.7 Å². The number of nitrogens with zero attached hydrogens (tertiary/aromatic N) is 5. The highest BCUT2D eigenvalue weighted by Crippen LogP contribution is 2.39. The number of hydrogen-bond donors (Lipinski definition) is 3. The summed E-state index contributed by atoms with van der Waals surface area (Å²) < 4.78 is 29.7. The quantitative estimate of drug-likeness (QED) is 0.415. The first-order valence-electron chi connectivity index (χ1n) is 12.0. The Labute approximate surface area is 208 Å². The Hall–Kier alpha value is -3.50. The topological polar surface area (TPSA) is 108 Å². The Morgan fingerprint density at radius 2 is 1.75 bits per heavy atom. The molecule has 3 heterocycles. The van der Waals surface area contributed by atoms with E-state index in [-0.39, 0.29) is 28.7 Å². The van der Waals surface area contributed by atoms with Crippen molar-refractivity contribution in [2.45, 2.75) is 72.0 Å². The Kier molecular flexibility index (Phi) is 6.52. The van der Waals surface area contributed by atoms with Crippen molar-refractivity contribution >= 4 is 34.8 Å². The molecule has 0 aliphatic carbocycles. The fourth-order valence-corrected chi connectivity index (χ4v) is 4.71. The van der Waals surface area contributed by atoms with E-state index in [1.165, 1.54) is 17.0 Å². The molecule has 2 unspecified atom stereocenters. The average Bonchev–Trinajstić information content (AvgIpc) is 3.07. The third-order valence-corrected chi connectivity index (χ3v) is 6.22. The Balaban J connectivity index is 1.82. The zero-order chi connectivity index (χ0) is 26.4. The maximum absolute atomic E-state index is 13.9. The Morgan fingerprint density at radius 3 is 2.33 bits per heavy atom. The third kappa shape index (κ3) is 5.50. The molecule has 11 heteroatoms. The van der Waals surface area contributed by atoms with Gasteiger partial charge in [-0.2, -0.15) is 4.98 Å². The van der Waals surface area contributed by atoms with Crippen molar-refractivity contribution in [3.05, 3.63) is 36.0 Å². The molecule has 0 radical (unpaired) electrons. The predicted octanol–water partition coefficient (Wildman–Crippen LogP) is 5.79. The number of benzene rings is 1. The molecule has 0 spiro atoms. The summed E-state index contributed by atoms with van der Waals surface area (Å²) in [5, 5.41) is 16.1. The van der Waals surface area contributed by atoms with Crippen LogP contribution >= 0.6 is 0 Å². The molecule has 3 aromatic rings. The van der Waals surface area contributed by atoms with Gasteiger partial charge in [-0.05, 0) is 51.2 Å². The van der Waals surface area contributed by atoms with Crippen LogP contribution in [0.2, 0.25) is 0 Å². The second-order valence-corrected chi connectivity index (χ2v) is 11.4. The number of likely N-dealkylation sites (tertiary alicyclic amines) is 1. The number of aromatic nitrogens is 4. The number of nitrogens with one attached hydrogen (secondary N) is 2. The van der Waals surface area contributed by atoms with Crippen LogP contribution in [0.25, 0.3) is 11.2 Å². The minimum absolute atomic E-state index is 0.159. The molecule has 3 N–H and O–H groups in total. The Morgan fingerprint density at radius 1 is 1.08 bits per heavy atom. The summed E-state index contributed by atoms with van der Waals surface area (Å²) in [6.45, 7) is 12.4. The first kappa shape index (κ1) is 25.6. The zero-order valence-electron chi connectivity index (χ0n) is 21.4. The smallest absolute Gasteiger partial charge is 0.407 e. The molecule has 2 aromatic heterocycles. The van der Waals surface area contributed by atoms with Gasteiger partial charge in [0.05, 0.1) is 6.20 Å². The summed E-state index contributed by atoms with van der Waals surface area (Å²) in [7, 11) is 0. The van der Waals surface area contributed by atoms with Gasteiger partial charge in [0.2, 0.25) is 11.9 Å². The van der Waals surface area contributed by atoms with Gasteiger partial charge < -0.3 is 20.6 Å². The number of carbonyl (C=O) groups is 1. The summed E-state index contributed by atoms with van der Waals surface area (Å²) in [5.41, 5.74) is 0.698. The minimum Gasteiger partial charge on any atom is -0.465 e. The second-order valence-electron chi connectivity index (χ2n) is 11.4. The van der Waals surface area contributed by atoms with Crippen molar-refractivity contribution in [2.24, 2.45) is 5.41 Å². The lowest BCUT2D eigenvalue weighted by atomic mass is 9.79. The number of imidazole rings is 1. The first-order chi connectivity index (χ1) is 16.7. The van der Waals surface area contributed by atoms with E-state index >= 15 is 0 Å². The summed E-state index contributed by atoms with van der Waals surface area (Å²) in [6, 6.07) is 2.78.